The van der Waals surface area contributed by atoms with Gasteiger partial charge in [0.15, 0.2) is 0 Å². The van der Waals surface area contributed by atoms with Crippen molar-refractivity contribution in [3.05, 3.63) is 52.3 Å². The molecular formula is C17H19N3O3. The van der Waals surface area contributed by atoms with Crippen molar-refractivity contribution < 1.29 is 9.90 Å². The third kappa shape index (κ3) is 3.26. The van der Waals surface area contributed by atoms with Crippen LogP contribution >= 0.6 is 0 Å². The molecule has 2 aromatic rings. The van der Waals surface area contributed by atoms with Crippen LogP contribution in [0.1, 0.15) is 18.4 Å². The van der Waals surface area contributed by atoms with Crippen molar-refractivity contribution in [1.29, 1.82) is 0 Å². The SMILES string of the molecule is Cc1ccc(-n2nc(N3CCCC(C(=O)O)C3)ccc2=O)cc1. The van der Waals surface area contributed by atoms with E-state index in [9.17, 15) is 14.7 Å². The summed E-state index contributed by atoms with van der Waals surface area (Å²) in [6.45, 7) is 3.16. The number of aryl methyl sites for hydroxylation is 1. The Morgan fingerprint density at radius 3 is 2.65 bits per heavy atom. The van der Waals surface area contributed by atoms with E-state index in [0.717, 1.165) is 18.5 Å². The molecule has 1 fully saturated rings. The minimum atomic E-state index is -0.776. The molecule has 1 atom stereocenters. The van der Waals surface area contributed by atoms with E-state index in [0.29, 0.717) is 24.5 Å². The van der Waals surface area contributed by atoms with Gasteiger partial charge in [-0.15, -0.1) is 5.10 Å². The fraction of sp³-hybridized carbons (Fsp3) is 0.353. The maximum absolute atomic E-state index is 12.1. The van der Waals surface area contributed by atoms with Crippen LogP contribution in [0.4, 0.5) is 5.82 Å². The summed E-state index contributed by atoms with van der Waals surface area (Å²) in [5.41, 5.74) is 1.61. The molecule has 0 aliphatic carbocycles. The number of hydrogen-bond acceptors (Lipinski definition) is 4. The van der Waals surface area contributed by atoms with Crippen molar-refractivity contribution in [2.75, 3.05) is 18.0 Å². The average Bonchev–Trinajstić information content (AvgIpc) is 2.56. The van der Waals surface area contributed by atoms with Crippen molar-refractivity contribution >= 4 is 11.8 Å². The highest BCUT2D eigenvalue weighted by molar-refractivity contribution is 5.71. The van der Waals surface area contributed by atoms with E-state index in [-0.39, 0.29) is 11.5 Å². The second kappa shape index (κ2) is 6.24. The highest BCUT2D eigenvalue weighted by atomic mass is 16.4. The predicted octanol–water partition coefficient (Wildman–Crippen LogP) is 1.84. The first kappa shape index (κ1) is 15.3. The summed E-state index contributed by atoms with van der Waals surface area (Å²) >= 11 is 0. The van der Waals surface area contributed by atoms with E-state index < -0.39 is 5.97 Å². The molecule has 0 amide bonds. The molecule has 120 valence electrons. The van der Waals surface area contributed by atoms with Crippen LogP contribution in [-0.2, 0) is 4.79 Å². The smallest absolute Gasteiger partial charge is 0.308 e. The lowest BCUT2D eigenvalue weighted by Crippen LogP contribution is -2.40. The van der Waals surface area contributed by atoms with Gasteiger partial charge < -0.3 is 10.0 Å². The zero-order valence-corrected chi connectivity index (χ0v) is 13.0. The van der Waals surface area contributed by atoms with Crippen LogP contribution in [-0.4, -0.2) is 33.9 Å². The van der Waals surface area contributed by atoms with Crippen molar-refractivity contribution in [1.82, 2.24) is 9.78 Å². The number of nitrogens with zero attached hydrogens (tertiary/aromatic N) is 3. The molecule has 6 heteroatoms. The van der Waals surface area contributed by atoms with Crippen molar-refractivity contribution in [2.45, 2.75) is 19.8 Å². The Morgan fingerprint density at radius 2 is 1.96 bits per heavy atom. The number of anilines is 1. The summed E-state index contributed by atoms with van der Waals surface area (Å²) < 4.78 is 1.36. The van der Waals surface area contributed by atoms with Crippen LogP contribution in [0.3, 0.4) is 0 Å². The van der Waals surface area contributed by atoms with Crippen LogP contribution in [0.2, 0.25) is 0 Å². The minimum absolute atomic E-state index is 0.204. The van der Waals surface area contributed by atoms with Crippen LogP contribution in [0.15, 0.2) is 41.2 Å². The second-order valence-electron chi connectivity index (χ2n) is 5.90. The number of carbonyl (C=O) groups is 1. The third-order valence-corrected chi connectivity index (χ3v) is 4.16. The van der Waals surface area contributed by atoms with E-state index in [2.05, 4.69) is 5.10 Å². The van der Waals surface area contributed by atoms with Gasteiger partial charge >= 0.3 is 5.97 Å². The Kier molecular flexibility index (Phi) is 4.14. The molecule has 23 heavy (non-hydrogen) atoms. The van der Waals surface area contributed by atoms with Gasteiger partial charge in [-0.25, -0.2) is 0 Å². The maximum atomic E-state index is 12.1. The predicted molar refractivity (Wildman–Crippen MR) is 87.1 cm³/mol. The summed E-state index contributed by atoms with van der Waals surface area (Å²) in [5.74, 6) is -0.525. The fourth-order valence-corrected chi connectivity index (χ4v) is 2.83. The lowest BCUT2D eigenvalue weighted by Gasteiger charge is -2.31. The summed E-state index contributed by atoms with van der Waals surface area (Å²) in [5, 5.41) is 13.6. The van der Waals surface area contributed by atoms with E-state index in [1.807, 2.05) is 36.1 Å². The van der Waals surface area contributed by atoms with Gasteiger partial charge in [0, 0.05) is 19.2 Å². The van der Waals surface area contributed by atoms with Gasteiger partial charge in [0.1, 0.15) is 5.82 Å². The number of benzene rings is 1. The number of carboxylic acids is 1. The van der Waals surface area contributed by atoms with Gasteiger partial charge in [0.25, 0.3) is 5.56 Å². The molecule has 0 bridgehead atoms. The number of hydrogen-bond donors (Lipinski definition) is 1. The van der Waals surface area contributed by atoms with Gasteiger partial charge in [-0.05, 0) is 38.0 Å². The molecule has 6 nitrogen and oxygen atoms in total. The molecule has 1 saturated heterocycles. The van der Waals surface area contributed by atoms with Gasteiger partial charge in [-0.2, -0.15) is 4.68 Å². The summed E-state index contributed by atoms with van der Waals surface area (Å²) in [6, 6.07) is 10.7. The lowest BCUT2D eigenvalue weighted by atomic mass is 9.98. The zero-order valence-electron chi connectivity index (χ0n) is 13.0. The highest BCUT2D eigenvalue weighted by Gasteiger charge is 2.26. The Morgan fingerprint density at radius 1 is 1.22 bits per heavy atom. The van der Waals surface area contributed by atoms with E-state index in [1.54, 1.807) is 6.07 Å². The molecule has 0 spiro atoms. The first-order valence-electron chi connectivity index (χ1n) is 7.70. The van der Waals surface area contributed by atoms with Crippen LogP contribution in [0.25, 0.3) is 5.69 Å². The molecule has 0 radical (unpaired) electrons. The largest absolute Gasteiger partial charge is 0.481 e. The summed E-state index contributed by atoms with van der Waals surface area (Å²) in [4.78, 5) is 25.2. The third-order valence-electron chi connectivity index (χ3n) is 4.16. The first-order valence-corrected chi connectivity index (χ1v) is 7.70. The zero-order chi connectivity index (χ0) is 16.4. The summed E-state index contributed by atoms with van der Waals surface area (Å²) in [7, 11) is 0. The molecule has 1 aromatic heterocycles. The average molecular weight is 313 g/mol. The molecular weight excluding hydrogens is 294 g/mol. The molecule has 1 unspecified atom stereocenters. The highest BCUT2D eigenvalue weighted by Crippen LogP contribution is 2.21. The van der Waals surface area contributed by atoms with Gasteiger partial charge in [-0.3, -0.25) is 9.59 Å². The van der Waals surface area contributed by atoms with Crippen LogP contribution in [0, 0.1) is 12.8 Å². The number of carboxylic acid groups (broad SMARTS) is 1. The number of aromatic nitrogens is 2. The fourth-order valence-electron chi connectivity index (χ4n) is 2.83. The Hall–Kier alpha value is -2.63. The molecule has 1 N–H and O–H groups in total. The van der Waals surface area contributed by atoms with E-state index in [1.165, 1.54) is 10.7 Å². The van der Waals surface area contributed by atoms with Crippen LogP contribution < -0.4 is 10.5 Å². The first-order chi connectivity index (χ1) is 11.0. The Balaban J connectivity index is 1.92. The molecule has 2 heterocycles. The van der Waals surface area contributed by atoms with Gasteiger partial charge in [0.2, 0.25) is 0 Å². The molecule has 0 saturated carbocycles. The quantitative estimate of drug-likeness (QED) is 0.936. The van der Waals surface area contributed by atoms with E-state index in [4.69, 9.17) is 0 Å². The number of rotatable bonds is 3. The second-order valence-corrected chi connectivity index (χ2v) is 5.90. The number of piperidine rings is 1. The van der Waals surface area contributed by atoms with Crippen molar-refractivity contribution in [3.63, 3.8) is 0 Å². The Bertz CT molecular complexity index is 767. The lowest BCUT2D eigenvalue weighted by molar-refractivity contribution is -0.141. The van der Waals surface area contributed by atoms with E-state index >= 15 is 0 Å². The molecule has 1 aliphatic heterocycles. The van der Waals surface area contributed by atoms with Crippen LogP contribution in [0.5, 0.6) is 0 Å². The minimum Gasteiger partial charge on any atom is -0.481 e. The molecule has 3 rings (SSSR count). The topological polar surface area (TPSA) is 75.4 Å². The van der Waals surface area contributed by atoms with Gasteiger partial charge in [0.05, 0.1) is 11.6 Å². The normalized spacial score (nSPS) is 18.0. The van der Waals surface area contributed by atoms with Gasteiger partial charge in [-0.1, -0.05) is 17.7 Å². The number of aliphatic carboxylic acids is 1. The molecule has 1 aliphatic rings. The van der Waals surface area contributed by atoms with Crippen molar-refractivity contribution in [3.8, 4) is 5.69 Å². The summed E-state index contributed by atoms with van der Waals surface area (Å²) in [6.07, 6.45) is 1.49. The maximum Gasteiger partial charge on any atom is 0.308 e. The monoisotopic (exact) mass is 313 g/mol. The van der Waals surface area contributed by atoms with Crippen molar-refractivity contribution in [2.24, 2.45) is 5.92 Å². The molecule has 1 aromatic carbocycles. The standard InChI is InChI=1S/C17H19N3O3/c1-12-4-6-14(7-5-12)20-16(21)9-8-15(18-20)19-10-2-3-13(11-19)17(22)23/h4-9,13H,2-3,10-11H2,1H3,(H,22,23). The Labute approximate surface area is 134 Å².